The summed E-state index contributed by atoms with van der Waals surface area (Å²) in [5, 5.41) is 12.1. The third kappa shape index (κ3) is 4.04. The van der Waals surface area contributed by atoms with E-state index in [4.69, 9.17) is 0 Å². The average molecular weight is 293 g/mol. The fourth-order valence-electron chi connectivity index (χ4n) is 1.41. The molecular weight excluding hydrogens is 278 g/mol. The van der Waals surface area contributed by atoms with E-state index in [-0.39, 0.29) is 11.2 Å². The van der Waals surface area contributed by atoms with Crippen molar-refractivity contribution in [2.75, 3.05) is 5.32 Å². The largest absolute Gasteiger partial charge is 0.300 e. The zero-order valence-electron chi connectivity index (χ0n) is 10.8. The lowest BCUT2D eigenvalue weighted by Gasteiger charge is -2.09. The molecule has 19 heavy (non-hydrogen) atoms. The Balaban J connectivity index is 1.92. The number of hydrogen-bond acceptors (Lipinski definition) is 5. The Morgan fingerprint density at radius 2 is 2.11 bits per heavy atom. The van der Waals surface area contributed by atoms with Gasteiger partial charge in [0.15, 0.2) is 0 Å². The zero-order valence-corrected chi connectivity index (χ0v) is 12.4. The first-order chi connectivity index (χ1) is 9.19. The minimum atomic E-state index is -0.170. The first kappa shape index (κ1) is 14.0. The Labute approximate surface area is 120 Å². The van der Waals surface area contributed by atoms with Crippen molar-refractivity contribution in [2.24, 2.45) is 0 Å². The van der Waals surface area contributed by atoms with Crippen LogP contribution in [-0.2, 0) is 11.2 Å². The number of benzene rings is 1. The molecule has 0 spiro atoms. The van der Waals surface area contributed by atoms with Crippen molar-refractivity contribution in [2.45, 2.75) is 30.4 Å². The molecule has 1 aromatic heterocycles. The lowest BCUT2D eigenvalue weighted by atomic mass is 10.4. The molecule has 2 rings (SSSR count). The Hall–Kier alpha value is -1.40. The van der Waals surface area contributed by atoms with Gasteiger partial charge in [-0.1, -0.05) is 36.5 Å². The summed E-state index contributed by atoms with van der Waals surface area (Å²) in [7, 11) is 0. The molecule has 0 aliphatic carbocycles. The summed E-state index contributed by atoms with van der Waals surface area (Å²) in [5.41, 5.74) is 0. The van der Waals surface area contributed by atoms with Crippen molar-refractivity contribution in [3.8, 4) is 0 Å². The van der Waals surface area contributed by atoms with E-state index < -0.39 is 0 Å². The Bertz CT molecular complexity index is 542. The third-order valence-electron chi connectivity index (χ3n) is 2.42. The summed E-state index contributed by atoms with van der Waals surface area (Å²) in [6.45, 7) is 3.90. The normalized spacial score (nSPS) is 12.1. The predicted molar refractivity (Wildman–Crippen MR) is 79.7 cm³/mol. The van der Waals surface area contributed by atoms with E-state index in [1.54, 1.807) is 0 Å². The van der Waals surface area contributed by atoms with Gasteiger partial charge in [-0.25, -0.2) is 0 Å². The number of aromatic nitrogens is 2. The number of nitrogens with one attached hydrogen (secondary N) is 1. The zero-order chi connectivity index (χ0) is 13.7. The number of nitrogens with zero attached hydrogens (tertiary/aromatic N) is 2. The molecule has 1 amide bonds. The van der Waals surface area contributed by atoms with Gasteiger partial charge in [0.2, 0.25) is 11.0 Å². The third-order valence-corrected chi connectivity index (χ3v) is 4.52. The van der Waals surface area contributed by atoms with E-state index in [0.717, 1.165) is 16.3 Å². The van der Waals surface area contributed by atoms with Gasteiger partial charge in [-0.05, 0) is 25.5 Å². The number of anilines is 1. The molecule has 0 fully saturated rings. The Kier molecular flexibility index (Phi) is 4.93. The van der Waals surface area contributed by atoms with Crippen LogP contribution in [0.3, 0.4) is 0 Å². The van der Waals surface area contributed by atoms with Gasteiger partial charge in [0.05, 0.1) is 5.25 Å². The van der Waals surface area contributed by atoms with Crippen molar-refractivity contribution >= 4 is 34.1 Å². The molecule has 4 nitrogen and oxygen atoms in total. The summed E-state index contributed by atoms with van der Waals surface area (Å²) < 4.78 is 0. The highest BCUT2D eigenvalue weighted by atomic mass is 32.2. The monoisotopic (exact) mass is 293 g/mol. The number of carbonyl (C=O) groups excluding carboxylic acids is 1. The number of hydrogen-bond donors (Lipinski definition) is 1. The van der Waals surface area contributed by atoms with E-state index in [2.05, 4.69) is 15.5 Å². The number of carbonyl (C=O) groups is 1. The molecule has 0 aliphatic rings. The van der Waals surface area contributed by atoms with Crippen LogP contribution in [0.4, 0.5) is 5.13 Å². The summed E-state index contributed by atoms with van der Waals surface area (Å²) in [6, 6.07) is 9.88. The van der Waals surface area contributed by atoms with Crippen LogP contribution in [0.5, 0.6) is 0 Å². The molecule has 0 aliphatic heterocycles. The fourth-order valence-corrected chi connectivity index (χ4v) is 2.98. The molecule has 0 bridgehead atoms. The minimum Gasteiger partial charge on any atom is -0.300 e. The van der Waals surface area contributed by atoms with Gasteiger partial charge in [-0.2, -0.15) is 0 Å². The van der Waals surface area contributed by atoms with Crippen LogP contribution in [-0.4, -0.2) is 21.4 Å². The van der Waals surface area contributed by atoms with E-state index in [0.29, 0.717) is 5.13 Å². The number of rotatable bonds is 5. The van der Waals surface area contributed by atoms with E-state index in [1.807, 2.05) is 44.2 Å². The molecule has 0 unspecified atom stereocenters. The topological polar surface area (TPSA) is 54.9 Å². The second kappa shape index (κ2) is 6.68. The highest BCUT2D eigenvalue weighted by Crippen LogP contribution is 2.24. The lowest BCUT2D eigenvalue weighted by Crippen LogP contribution is -2.22. The summed E-state index contributed by atoms with van der Waals surface area (Å²) >= 11 is 2.95. The second-order valence-electron chi connectivity index (χ2n) is 3.92. The van der Waals surface area contributed by atoms with Gasteiger partial charge in [0, 0.05) is 4.90 Å². The standard InChI is InChI=1S/C13H15N3OS2/c1-3-11-15-16-13(19-11)14-12(17)9(2)18-10-7-5-4-6-8-10/h4-9H,3H2,1-2H3,(H,14,16,17)/t9-/m1/s1. The molecule has 1 atom stereocenters. The molecule has 1 heterocycles. The molecule has 1 aromatic carbocycles. The van der Waals surface area contributed by atoms with E-state index in [9.17, 15) is 4.79 Å². The van der Waals surface area contributed by atoms with Crippen LogP contribution in [0, 0.1) is 0 Å². The number of thioether (sulfide) groups is 1. The van der Waals surface area contributed by atoms with Gasteiger partial charge in [0.1, 0.15) is 5.01 Å². The maximum atomic E-state index is 12.0. The fraction of sp³-hybridized carbons (Fsp3) is 0.308. The van der Waals surface area contributed by atoms with Crippen molar-refractivity contribution in [1.29, 1.82) is 0 Å². The average Bonchev–Trinajstić information content (AvgIpc) is 2.87. The van der Waals surface area contributed by atoms with Crippen molar-refractivity contribution in [1.82, 2.24) is 10.2 Å². The summed E-state index contributed by atoms with van der Waals surface area (Å²) in [5.74, 6) is -0.0485. The van der Waals surface area contributed by atoms with Crippen LogP contribution >= 0.6 is 23.1 Å². The van der Waals surface area contributed by atoms with Gasteiger partial charge in [-0.15, -0.1) is 22.0 Å². The van der Waals surface area contributed by atoms with Crippen LogP contribution in [0.15, 0.2) is 35.2 Å². The van der Waals surface area contributed by atoms with Crippen LogP contribution in [0.25, 0.3) is 0 Å². The molecule has 100 valence electrons. The SMILES string of the molecule is CCc1nnc(NC(=O)[C@@H](C)Sc2ccccc2)s1. The number of amides is 1. The summed E-state index contributed by atoms with van der Waals surface area (Å²) in [6.07, 6.45) is 0.835. The van der Waals surface area contributed by atoms with Crippen LogP contribution in [0.1, 0.15) is 18.9 Å². The minimum absolute atomic E-state index is 0.0485. The van der Waals surface area contributed by atoms with Crippen molar-refractivity contribution in [3.63, 3.8) is 0 Å². The van der Waals surface area contributed by atoms with Gasteiger partial charge in [-0.3, -0.25) is 10.1 Å². The Morgan fingerprint density at radius 1 is 1.37 bits per heavy atom. The molecule has 1 N–H and O–H groups in total. The summed E-state index contributed by atoms with van der Waals surface area (Å²) in [4.78, 5) is 13.1. The molecule has 0 saturated heterocycles. The van der Waals surface area contributed by atoms with Gasteiger partial charge < -0.3 is 0 Å². The Morgan fingerprint density at radius 3 is 2.74 bits per heavy atom. The molecule has 0 radical (unpaired) electrons. The molecule has 0 saturated carbocycles. The predicted octanol–water partition coefficient (Wildman–Crippen LogP) is 3.22. The van der Waals surface area contributed by atoms with Gasteiger partial charge in [0.25, 0.3) is 0 Å². The second-order valence-corrected chi connectivity index (χ2v) is 6.39. The highest BCUT2D eigenvalue weighted by molar-refractivity contribution is 8.00. The number of aryl methyl sites for hydroxylation is 1. The quantitative estimate of drug-likeness (QED) is 0.860. The first-order valence-corrected chi connectivity index (χ1v) is 7.73. The molecule has 6 heteroatoms. The van der Waals surface area contributed by atoms with E-state index in [1.165, 1.54) is 23.1 Å². The lowest BCUT2D eigenvalue weighted by molar-refractivity contribution is -0.115. The van der Waals surface area contributed by atoms with Crippen molar-refractivity contribution < 1.29 is 4.79 Å². The highest BCUT2D eigenvalue weighted by Gasteiger charge is 2.16. The molecule has 2 aromatic rings. The smallest absolute Gasteiger partial charge is 0.239 e. The van der Waals surface area contributed by atoms with Crippen LogP contribution < -0.4 is 5.32 Å². The van der Waals surface area contributed by atoms with Gasteiger partial charge >= 0.3 is 0 Å². The maximum Gasteiger partial charge on any atom is 0.239 e. The van der Waals surface area contributed by atoms with Crippen LogP contribution in [0.2, 0.25) is 0 Å². The van der Waals surface area contributed by atoms with E-state index >= 15 is 0 Å². The molecular formula is C13H15N3OS2. The first-order valence-electron chi connectivity index (χ1n) is 6.04. The van der Waals surface area contributed by atoms with Crippen molar-refractivity contribution in [3.05, 3.63) is 35.3 Å². The maximum absolute atomic E-state index is 12.0.